The average molecular weight is 491 g/mol. The fourth-order valence-electron chi connectivity index (χ4n) is 2.90. The molecule has 6 nitrogen and oxygen atoms in total. The molecule has 0 saturated heterocycles. The van der Waals surface area contributed by atoms with E-state index in [4.69, 9.17) is 9.47 Å². The maximum absolute atomic E-state index is 12.4. The summed E-state index contributed by atoms with van der Waals surface area (Å²) in [5.41, 5.74) is 1.86. The molecule has 0 N–H and O–H groups in total. The van der Waals surface area contributed by atoms with Gasteiger partial charge < -0.3 is 9.47 Å². The van der Waals surface area contributed by atoms with Crippen molar-refractivity contribution in [1.29, 1.82) is 0 Å². The number of carbonyl (C=O) groups is 2. The van der Waals surface area contributed by atoms with Gasteiger partial charge in [-0.2, -0.15) is 9.13 Å². The third-order valence-electron chi connectivity index (χ3n) is 4.29. The van der Waals surface area contributed by atoms with Crippen LogP contribution in [-0.2, 0) is 22.6 Å². The molecule has 166 valence electrons. The van der Waals surface area contributed by atoms with Gasteiger partial charge in [0.2, 0.25) is 24.5 Å². The first-order valence-corrected chi connectivity index (χ1v) is 13.7. The molecule has 2 heterocycles. The molecule has 0 fully saturated rings. The largest absolute Gasteiger partial charge is 0.462 e. The van der Waals surface area contributed by atoms with E-state index < -0.39 is 0 Å². The number of ether oxygens (including phenoxy) is 2. The van der Waals surface area contributed by atoms with Gasteiger partial charge in [0, 0.05) is 25.4 Å². The lowest BCUT2D eigenvalue weighted by Crippen LogP contribution is -2.48. The zero-order chi connectivity index (χ0) is 22.3. The molecule has 0 spiro atoms. The molecule has 0 atom stereocenters. The Morgan fingerprint density at radius 2 is 1.13 bits per heavy atom. The van der Waals surface area contributed by atoms with Gasteiger partial charge in [-0.15, -0.1) is 0 Å². The Labute approximate surface area is 195 Å². The van der Waals surface area contributed by atoms with Crippen LogP contribution in [0.3, 0.4) is 0 Å². The molecule has 2 rings (SSSR count). The lowest BCUT2D eigenvalue weighted by Gasteiger charge is -2.01. The lowest BCUT2D eigenvalue weighted by molar-refractivity contribution is -0.810. The molecule has 0 aliphatic rings. The van der Waals surface area contributed by atoms with Crippen molar-refractivity contribution >= 4 is 58.1 Å². The van der Waals surface area contributed by atoms with Crippen molar-refractivity contribution in [3.05, 3.63) is 21.1 Å². The van der Waals surface area contributed by atoms with Gasteiger partial charge in [0.1, 0.15) is 0 Å². The molecule has 0 aromatic carbocycles. The second-order valence-electron chi connectivity index (χ2n) is 6.18. The number of nitrogens with zero attached hydrogens (tertiary/aromatic N) is 2. The number of hydrogen-bond acceptors (Lipinski definition) is 8. The highest BCUT2D eigenvalue weighted by atomic mass is 32.2. The monoisotopic (exact) mass is 490 g/mol. The maximum Gasteiger partial charge on any atom is 0.355 e. The predicted octanol–water partition coefficient (Wildman–Crippen LogP) is 4.28. The van der Waals surface area contributed by atoms with Gasteiger partial charge >= 0.3 is 11.9 Å². The molecule has 0 radical (unpaired) electrons. The van der Waals surface area contributed by atoms with E-state index in [2.05, 4.69) is 23.0 Å². The molecular weight excluding hydrogens is 460 g/mol. The van der Waals surface area contributed by atoms with Gasteiger partial charge in [0.25, 0.3) is 8.68 Å². The van der Waals surface area contributed by atoms with E-state index in [-0.39, 0.29) is 11.9 Å². The van der Waals surface area contributed by atoms with Crippen molar-refractivity contribution in [3.63, 3.8) is 0 Å². The summed E-state index contributed by atoms with van der Waals surface area (Å²) in [6.45, 7) is 14.0. The first-order chi connectivity index (χ1) is 14.4. The molecule has 0 bridgehead atoms. The molecule has 0 aliphatic carbocycles. The topological polar surface area (TPSA) is 60.4 Å². The van der Waals surface area contributed by atoms with Crippen molar-refractivity contribution in [2.24, 2.45) is 0 Å². The molecule has 0 amide bonds. The van der Waals surface area contributed by atoms with E-state index in [1.54, 1.807) is 23.5 Å². The van der Waals surface area contributed by atoms with Crippen LogP contribution in [0.15, 0.2) is 8.68 Å². The van der Waals surface area contributed by atoms with E-state index >= 15 is 0 Å². The summed E-state index contributed by atoms with van der Waals surface area (Å²) in [5.74, 6) is 1.33. The number of hydrogen-bond donors (Lipinski definition) is 0. The van der Waals surface area contributed by atoms with Crippen molar-refractivity contribution in [3.8, 4) is 0 Å². The second-order valence-corrected chi connectivity index (χ2v) is 11.2. The van der Waals surface area contributed by atoms with Crippen LogP contribution in [0.1, 0.15) is 58.4 Å². The smallest absolute Gasteiger partial charge is 0.355 e. The minimum absolute atomic E-state index is 0.261. The Balaban J connectivity index is 2.36. The Bertz CT molecular complexity index is 820. The van der Waals surface area contributed by atoms with Crippen molar-refractivity contribution < 1.29 is 28.2 Å². The van der Waals surface area contributed by atoms with Gasteiger partial charge in [-0.25, -0.2) is 9.59 Å². The van der Waals surface area contributed by atoms with Gasteiger partial charge in [-0.3, -0.25) is 0 Å². The molecule has 2 aromatic rings. The number of thiazole rings is 2. The van der Waals surface area contributed by atoms with Crippen LogP contribution in [0.5, 0.6) is 0 Å². The minimum Gasteiger partial charge on any atom is -0.462 e. The molecule has 10 heteroatoms. The zero-order valence-electron chi connectivity index (χ0n) is 18.4. The molecule has 0 unspecified atom stereocenters. The number of thioether (sulfide) groups is 2. The summed E-state index contributed by atoms with van der Waals surface area (Å²) >= 11 is 6.45. The van der Waals surface area contributed by atoms with Crippen LogP contribution < -0.4 is 9.13 Å². The highest BCUT2D eigenvalue weighted by Gasteiger charge is 2.32. The molecule has 30 heavy (non-hydrogen) atoms. The summed E-state index contributed by atoms with van der Waals surface area (Å²) in [6.07, 6.45) is 0. The average Bonchev–Trinajstić information content (AvgIpc) is 3.18. The highest BCUT2D eigenvalue weighted by Crippen LogP contribution is 2.28. The summed E-state index contributed by atoms with van der Waals surface area (Å²) in [7, 11) is 0. The third-order valence-corrected chi connectivity index (χ3v) is 9.13. The van der Waals surface area contributed by atoms with Gasteiger partial charge in [0.15, 0.2) is 9.75 Å². The first-order valence-electron chi connectivity index (χ1n) is 10.1. The fraction of sp³-hybridized carbons (Fsp3) is 0.600. The normalized spacial score (nSPS) is 11.0. The third kappa shape index (κ3) is 5.77. The Kier molecular flexibility index (Phi) is 10.1. The van der Waals surface area contributed by atoms with Gasteiger partial charge in [0.05, 0.1) is 13.2 Å². The van der Waals surface area contributed by atoms with Crippen molar-refractivity contribution in [2.45, 2.75) is 63.3 Å². The van der Waals surface area contributed by atoms with E-state index in [0.29, 0.717) is 36.1 Å². The zero-order valence-corrected chi connectivity index (χ0v) is 21.7. The van der Waals surface area contributed by atoms with Crippen LogP contribution in [0.4, 0.5) is 0 Å². The molecule has 0 saturated carbocycles. The first kappa shape index (κ1) is 25.2. The van der Waals surface area contributed by atoms with Crippen LogP contribution in [0.2, 0.25) is 0 Å². The second kappa shape index (κ2) is 12.1. The molecule has 2 aromatic heterocycles. The fourth-order valence-corrected chi connectivity index (χ4v) is 7.67. The van der Waals surface area contributed by atoms with Crippen molar-refractivity contribution in [1.82, 2.24) is 0 Å². The Morgan fingerprint density at radius 1 is 0.767 bits per heavy atom. The molecular formula is C20H30N2O4S4+2. The van der Waals surface area contributed by atoms with Gasteiger partial charge in [-0.1, -0.05) is 13.8 Å². The summed E-state index contributed by atoms with van der Waals surface area (Å²) in [6, 6.07) is 0. The quantitative estimate of drug-likeness (QED) is 0.266. The van der Waals surface area contributed by atoms with E-state index in [1.165, 1.54) is 22.7 Å². The van der Waals surface area contributed by atoms with E-state index in [0.717, 1.165) is 31.6 Å². The van der Waals surface area contributed by atoms with Crippen LogP contribution in [-0.4, -0.2) is 36.7 Å². The van der Waals surface area contributed by atoms with Gasteiger partial charge in [-0.05, 0) is 60.0 Å². The van der Waals surface area contributed by atoms with E-state index in [1.807, 2.05) is 27.7 Å². The number of aromatic nitrogens is 2. The summed E-state index contributed by atoms with van der Waals surface area (Å²) in [5, 5.41) is 0. The summed E-state index contributed by atoms with van der Waals surface area (Å²) in [4.78, 5) is 26.0. The maximum atomic E-state index is 12.4. The van der Waals surface area contributed by atoms with Crippen LogP contribution >= 0.6 is 46.2 Å². The Hall–Kier alpha value is -1.10. The minimum atomic E-state index is -0.261. The standard InChI is InChI=1S/C20H30N2O4S4/c1-7-25-17(23)15-13(5)21(19(29-15)27-9-3)11-12-22-14(6)16(18(24)26-8-2)30-20(22)28-10-4/h7-12H2,1-6H3/q+2. The lowest BCUT2D eigenvalue weighted by atomic mass is 10.3. The number of carbonyl (C=O) groups excluding carboxylic acids is 2. The number of rotatable bonds is 11. The molecule has 0 aliphatic heterocycles. The van der Waals surface area contributed by atoms with Crippen LogP contribution in [0, 0.1) is 13.8 Å². The predicted molar refractivity (Wildman–Crippen MR) is 123 cm³/mol. The Morgan fingerprint density at radius 3 is 1.43 bits per heavy atom. The SMILES string of the molecule is CCOC(=O)c1sc(SCC)[n+](CC[n+]2c(SCC)sc(C(=O)OCC)c2C)c1C. The number of esters is 2. The van der Waals surface area contributed by atoms with E-state index in [9.17, 15) is 9.59 Å². The van der Waals surface area contributed by atoms with Crippen LogP contribution in [0.25, 0.3) is 0 Å². The van der Waals surface area contributed by atoms with Crippen molar-refractivity contribution in [2.75, 3.05) is 24.7 Å². The summed E-state index contributed by atoms with van der Waals surface area (Å²) < 4.78 is 17.0. The highest BCUT2D eigenvalue weighted by molar-refractivity contribution is 8.01.